The largest absolute Gasteiger partial charge is 0.497 e. The van der Waals surface area contributed by atoms with Crippen molar-refractivity contribution >= 4 is 17.7 Å². The lowest BCUT2D eigenvalue weighted by molar-refractivity contribution is -0.118. The molecule has 0 unspecified atom stereocenters. The molecule has 2 rings (SSSR count). The Bertz CT molecular complexity index is 608. The lowest BCUT2D eigenvalue weighted by Gasteiger charge is -2.09. The summed E-state index contributed by atoms with van der Waals surface area (Å²) >= 11 is 1.44. The number of nitrogens with one attached hydrogen (secondary N) is 1. The summed E-state index contributed by atoms with van der Waals surface area (Å²) in [6, 6.07) is 7.88. The van der Waals surface area contributed by atoms with Gasteiger partial charge in [-0.05, 0) is 31.2 Å². The van der Waals surface area contributed by atoms with Crippen molar-refractivity contribution in [3.8, 4) is 17.0 Å². The lowest BCUT2D eigenvalue weighted by atomic mass is 10.1. The molecule has 0 radical (unpaired) electrons. The molecule has 0 spiro atoms. The van der Waals surface area contributed by atoms with E-state index >= 15 is 0 Å². The van der Waals surface area contributed by atoms with E-state index in [2.05, 4.69) is 21.8 Å². The molecule has 0 aliphatic heterocycles. The van der Waals surface area contributed by atoms with Gasteiger partial charge >= 0.3 is 0 Å². The summed E-state index contributed by atoms with van der Waals surface area (Å²) in [5.74, 6) is 1.20. The Morgan fingerprint density at radius 2 is 2.10 bits per heavy atom. The summed E-state index contributed by atoms with van der Waals surface area (Å²) in [4.78, 5) is 15.8. The van der Waals surface area contributed by atoms with E-state index in [0.717, 1.165) is 28.7 Å². The van der Waals surface area contributed by atoms with E-state index in [-0.39, 0.29) is 5.91 Å². The molecule has 0 aliphatic rings. The number of carbonyl (C=O) groups excluding carboxylic acids is 1. The second-order valence-electron chi connectivity index (χ2n) is 4.36. The van der Waals surface area contributed by atoms with Gasteiger partial charge in [-0.25, -0.2) is 4.98 Å². The number of imidazole rings is 1. The average Bonchev–Trinajstić information content (AvgIpc) is 2.95. The fourth-order valence-electron chi connectivity index (χ4n) is 1.97. The number of thioether (sulfide) groups is 1. The molecule has 21 heavy (non-hydrogen) atoms. The summed E-state index contributed by atoms with van der Waals surface area (Å²) in [5.41, 5.74) is 2.12. The number of amides is 1. The third-order valence-electron chi connectivity index (χ3n) is 3.13. The number of benzene rings is 1. The Kier molecular flexibility index (Phi) is 5.27. The van der Waals surface area contributed by atoms with Crippen molar-refractivity contribution in [3.63, 3.8) is 0 Å². The van der Waals surface area contributed by atoms with Crippen LogP contribution in [0.3, 0.4) is 0 Å². The Labute approximate surface area is 128 Å². The zero-order chi connectivity index (χ0) is 15.2. The zero-order valence-electron chi connectivity index (χ0n) is 12.4. The number of hydrogen-bond acceptors (Lipinski definition) is 4. The molecule has 0 saturated carbocycles. The summed E-state index contributed by atoms with van der Waals surface area (Å²) in [6.07, 6.45) is 1.84. The maximum Gasteiger partial charge on any atom is 0.230 e. The standard InChI is InChI=1S/C15H19N3O2S/c1-4-18-13(11-5-7-12(20-3)8-6-11)9-17-15(18)21-10-14(19)16-2/h5-9H,4,10H2,1-3H3,(H,16,19). The summed E-state index contributed by atoms with van der Waals surface area (Å²) in [6.45, 7) is 2.87. The molecule has 0 fully saturated rings. The number of nitrogens with zero attached hydrogens (tertiary/aromatic N) is 2. The van der Waals surface area contributed by atoms with Crippen LogP contribution in [0.1, 0.15) is 6.92 Å². The molecule has 5 nitrogen and oxygen atoms in total. The van der Waals surface area contributed by atoms with Gasteiger partial charge in [-0.3, -0.25) is 4.79 Å². The van der Waals surface area contributed by atoms with Gasteiger partial charge in [0.15, 0.2) is 5.16 Å². The highest BCUT2D eigenvalue weighted by Crippen LogP contribution is 2.27. The molecule has 2 aromatic rings. The molecular formula is C15H19N3O2S. The minimum Gasteiger partial charge on any atom is -0.497 e. The topological polar surface area (TPSA) is 56.2 Å². The minimum atomic E-state index is -0.00310. The van der Waals surface area contributed by atoms with Crippen LogP contribution in [0.25, 0.3) is 11.3 Å². The quantitative estimate of drug-likeness (QED) is 0.833. The van der Waals surface area contributed by atoms with Crippen LogP contribution in [0.4, 0.5) is 0 Å². The van der Waals surface area contributed by atoms with E-state index in [0.29, 0.717) is 5.75 Å². The number of aromatic nitrogens is 2. The molecule has 0 aliphatic carbocycles. The molecule has 1 aromatic carbocycles. The van der Waals surface area contributed by atoms with Gasteiger partial charge in [0.05, 0.1) is 24.8 Å². The van der Waals surface area contributed by atoms with E-state index < -0.39 is 0 Å². The number of hydrogen-bond donors (Lipinski definition) is 1. The van der Waals surface area contributed by atoms with Crippen molar-refractivity contribution in [1.82, 2.24) is 14.9 Å². The van der Waals surface area contributed by atoms with Gasteiger partial charge in [0, 0.05) is 19.2 Å². The monoisotopic (exact) mass is 305 g/mol. The van der Waals surface area contributed by atoms with Crippen LogP contribution in [0.15, 0.2) is 35.6 Å². The van der Waals surface area contributed by atoms with Gasteiger partial charge in [-0.1, -0.05) is 11.8 Å². The van der Waals surface area contributed by atoms with Crippen LogP contribution in [0.2, 0.25) is 0 Å². The van der Waals surface area contributed by atoms with Crippen molar-refractivity contribution in [1.29, 1.82) is 0 Å². The van der Waals surface area contributed by atoms with Gasteiger partial charge < -0.3 is 14.6 Å². The smallest absolute Gasteiger partial charge is 0.230 e. The Morgan fingerprint density at radius 3 is 2.67 bits per heavy atom. The first-order chi connectivity index (χ1) is 10.2. The van der Waals surface area contributed by atoms with Crippen LogP contribution < -0.4 is 10.1 Å². The van der Waals surface area contributed by atoms with Gasteiger partial charge in [0.1, 0.15) is 5.75 Å². The predicted molar refractivity (Wildman–Crippen MR) is 84.7 cm³/mol. The molecule has 0 atom stereocenters. The Balaban J connectivity index is 2.23. The molecule has 0 saturated heterocycles. The molecule has 112 valence electrons. The molecule has 1 heterocycles. The highest BCUT2D eigenvalue weighted by molar-refractivity contribution is 7.99. The maximum absolute atomic E-state index is 11.3. The summed E-state index contributed by atoms with van der Waals surface area (Å²) < 4.78 is 7.28. The van der Waals surface area contributed by atoms with Crippen molar-refractivity contribution < 1.29 is 9.53 Å². The first-order valence-corrected chi connectivity index (χ1v) is 7.71. The van der Waals surface area contributed by atoms with E-state index in [9.17, 15) is 4.79 Å². The van der Waals surface area contributed by atoms with Crippen LogP contribution in [-0.2, 0) is 11.3 Å². The number of methoxy groups -OCH3 is 1. The normalized spacial score (nSPS) is 10.4. The fraction of sp³-hybridized carbons (Fsp3) is 0.333. The van der Waals surface area contributed by atoms with E-state index in [1.54, 1.807) is 14.2 Å². The van der Waals surface area contributed by atoms with Crippen molar-refractivity contribution in [2.24, 2.45) is 0 Å². The van der Waals surface area contributed by atoms with Gasteiger partial charge in [0.25, 0.3) is 0 Å². The van der Waals surface area contributed by atoms with Gasteiger partial charge in [-0.2, -0.15) is 0 Å². The second-order valence-corrected chi connectivity index (χ2v) is 5.30. The Morgan fingerprint density at radius 1 is 1.38 bits per heavy atom. The SMILES string of the molecule is CCn1c(-c2ccc(OC)cc2)cnc1SCC(=O)NC. The first-order valence-electron chi connectivity index (χ1n) is 6.73. The second kappa shape index (κ2) is 7.17. The van der Waals surface area contributed by atoms with E-state index in [4.69, 9.17) is 4.74 Å². The van der Waals surface area contributed by atoms with Crippen LogP contribution >= 0.6 is 11.8 Å². The predicted octanol–water partition coefficient (Wildman–Crippen LogP) is 2.42. The van der Waals surface area contributed by atoms with E-state index in [1.165, 1.54) is 11.8 Å². The van der Waals surface area contributed by atoms with Crippen LogP contribution in [0, 0.1) is 0 Å². The highest BCUT2D eigenvalue weighted by Gasteiger charge is 2.12. The maximum atomic E-state index is 11.3. The van der Waals surface area contributed by atoms with Crippen LogP contribution in [0.5, 0.6) is 5.75 Å². The zero-order valence-corrected chi connectivity index (χ0v) is 13.2. The number of rotatable bonds is 6. The number of ether oxygens (including phenoxy) is 1. The summed E-state index contributed by atoms with van der Waals surface area (Å²) in [7, 11) is 3.29. The molecular weight excluding hydrogens is 286 g/mol. The van der Waals surface area contributed by atoms with Crippen molar-refractivity contribution in [2.45, 2.75) is 18.6 Å². The van der Waals surface area contributed by atoms with Crippen LogP contribution in [-0.4, -0.2) is 35.4 Å². The molecule has 1 aromatic heterocycles. The van der Waals surface area contributed by atoms with E-state index in [1.807, 2.05) is 30.5 Å². The molecule has 1 amide bonds. The van der Waals surface area contributed by atoms with Crippen molar-refractivity contribution in [2.75, 3.05) is 19.9 Å². The number of carbonyl (C=O) groups is 1. The first kappa shape index (κ1) is 15.4. The molecule has 1 N–H and O–H groups in total. The minimum absolute atomic E-state index is 0.00310. The highest BCUT2D eigenvalue weighted by atomic mass is 32.2. The fourth-order valence-corrected chi connectivity index (χ4v) is 2.89. The summed E-state index contributed by atoms with van der Waals surface area (Å²) in [5, 5.41) is 3.47. The molecule has 0 bridgehead atoms. The third kappa shape index (κ3) is 3.58. The van der Waals surface area contributed by atoms with Gasteiger partial charge in [-0.15, -0.1) is 0 Å². The third-order valence-corrected chi connectivity index (χ3v) is 4.12. The molecule has 6 heteroatoms. The Hall–Kier alpha value is -1.95. The van der Waals surface area contributed by atoms with Gasteiger partial charge in [0.2, 0.25) is 5.91 Å². The lowest BCUT2D eigenvalue weighted by Crippen LogP contribution is -2.20. The van der Waals surface area contributed by atoms with Crippen molar-refractivity contribution in [3.05, 3.63) is 30.5 Å². The average molecular weight is 305 g/mol.